The van der Waals surface area contributed by atoms with Gasteiger partial charge in [-0.1, -0.05) is 42.5 Å². The van der Waals surface area contributed by atoms with E-state index in [0.717, 1.165) is 29.5 Å². The molecule has 0 saturated heterocycles. The first-order chi connectivity index (χ1) is 19.7. The van der Waals surface area contributed by atoms with Crippen LogP contribution >= 0.6 is 0 Å². The molecule has 0 radical (unpaired) electrons. The van der Waals surface area contributed by atoms with Gasteiger partial charge in [0.1, 0.15) is 12.2 Å². The van der Waals surface area contributed by atoms with Crippen LogP contribution in [0.5, 0.6) is 5.75 Å². The number of halogens is 2. The molecule has 1 aliphatic heterocycles. The van der Waals surface area contributed by atoms with Gasteiger partial charge in [0.05, 0.1) is 16.9 Å². The summed E-state index contributed by atoms with van der Waals surface area (Å²) in [6.07, 6.45) is 2.20. The van der Waals surface area contributed by atoms with Crippen LogP contribution in [0.2, 0.25) is 0 Å². The molecule has 3 aromatic carbocycles. The van der Waals surface area contributed by atoms with Gasteiger partial charge in [0, 0.05) is 24.3 Å². The number of hydrogen-bond donors (Lipinski definition) is 1. The number of carbonyl (C=O) groups excluding carboxylic acids is 1. The summed E-state index contributed by atoms with van der Waals surface area (Å²) in [4.78, 5) is 39.3. The highest BCUT2D eigenvalue weighted by atomic mass is 19.3. The summed E-state index contributed by atoms with van der Waals surface area (Å²) >= 11 is 0. The van der Waals surface area contributed by atoms with Crippen LogP contribution in [0.4, 0.5) is 13.6 Å². The van der Waals surface area contributed by atoms with Crippen molar-refractivity contribution in [2.24, 2.45) is 0 Å². The second kappa shape index (κ2) is 10.3. The monoisotopic (exact) mass is 560 g/mol. The van der Waals surface area contributed by atoms with Crippen LogP contribution in [0.3, 0.4) is 0 Å². The van der Waals surface area contributed by atoms with Crippen LogP contribution in [-0.4, -0.2) is 33.2 Å². The topological polar surface area (TPSA) is 98.1 Å². The molecule has 10 heteroatoms. The van der Waals surface area contributed by atoms with Gasteiger partial charge in [-0.25, -0.2) is 9.59 Å². The number of aromatic nitrogens is 1. The summed E-state index contributed by atoms with van der Waals surface area (Å²) < 4.78 is 39.7. The molecule has 4 aromatic rings. The maximum atomic E-state index is 13.8. The van der Waals surface area contributed by atoms with Crippen molar-refractivity contribution in [2.45, 2.75) is 51.6 Å². The molecule has 6 rings (SSSR count). The Balaban J connectivity index is 1.39. The Kier molecular flexibility index (Phi) is 6.69. The zero-order chi connectivity index (χ0) is 28.8. The predicted molar refractivity (Wildman–Crippen MR) is 146 cm³/mol. The second-order valence-electron chi connectivity index (χ2n) is 10.3. The van der Waals surface area contributed by atoms with Crippen molar-refractivity contribution in [1.82, 2.24) is 9.47 Å². The Morgan fingerprint density at radius 1 is 1.07 bits per heavy atom. The minimum atomic E-state index is -3.18. The molecule has 1 saturated carbocycles. The van der Waals surface area contributed by atoms with E-state index in [-0.39, 0.29) is 35.3 Å². The molecule has 0 bridgehead atoms. The highest BCUT2D eigenvalue weighted by Crippen LogP contribution is 2.44. The number of benzene rings is 3. The smallest absolute Gasteiger partial charge is 0.410 e. The summed E-state index contributed by atoms with van der Waals surface area (Å²) in [6.45, 7) is -0.831. The average Bonchev–Trinajstić information content (AvgIpc) is 3.75. The molecule has 0 spiro atoms. The van der Waals surface area contributed by atoms with E-state index in [1.54, 1.807) is 15.5 Å². The van der Waals surface area contributed by atoms with E-state index >= 15 is 0 Å². The number of rotatable bonds is 7. The van der Waals surface area contributed by atoms with Gasteiger partial charge in [0.25, 0.3) is 0 Å². The standard InChI is InChI=1S/C31H26F2N2O6/c1-17-24-13-19(7-8-20(24)14-34(17)31(39)40-16-18-5-3-2-4-6-18)22-11-12-23-26(28(22)41-30(32)33)35(21-9-10-21)15-25(27(23)36)29(37)38/h2-8,11-13,15,17,21,30H,9-10,14,16H2,1H3,(H,37,38). The number of nitrogens with zero attached hydrogens (tertiary/aromatic N) is 2. The first kappa shape index (κ1) is 26.5. The highest BCUT2D eigenvalue weighted by molar-refractivity contribution is 5.97. The van der Waals surface area contributed by atoms with Gasteiger partial charge in [0.2, 0.25) is 5.43 Å². The third-order valence-electron chi connectivity index (χ3n) is 7.68. The van der Waals surface area contributed by atoms with Crippen molar-refractivity contribution < 1.29 is 33.0 Å². The van der Waals surface area contributed by atoms with Crippen molar-refractivity contribution in [3.63, 3.8) is 0 Å². The molecule has 1 fully saturated rings. The molecule has 1 aromatic heterocycles. The third kappa shape index (κ3) is 4.90. The van der Waals surface area contributed by atoms with Crippen molar-refractivity contribution in [3.05, 3.63) is 99.3 Å². The molecular weight excluding hydrogens is 534 g/mol. The van der Waals surface area contributed by atoms with Crippen molar-refractivity contribution in [1.29, 1.82) is 0 Å². The van der Waals surface area contributed by atoms with E-state index in [9.17, 15) is 28.3 Å². The molecule has 41 heavy (non-hydrogen) atoms. The van der Waals surface area contributed by atoms with Gasteiger partial charge in [0.15, 0.2) is 5.75 Å². The number of ether oxygens (including phenoxy) is 2. The van der Waals surface area contributed by atoms with E-state index < -0.39 is 29.7 Å². The Morgan fingerprint density at radius 2 is 1.83 bits per heavy atom. The number of amides is 1. The molecule has 8 nitrogen and oxygen atoms in total. The lowest BCUT2D eigenvalue weighted by molar-refractivity contribution is -0.0486. The number of carboxylic acids is 1. The fraction of sp³-hybridized carbons (Fsp3) is 0.258. The van der Waals surface area contributed by atoms with E-state index in [4.69, 9.17) is 9.47 Å². The number of hydrogen-bond acceptors (Lipinski definition) is 5. The van der Waals surface area contributed by atoms with E-state index in [0.29, 0.717) is 17.7 Å². The number of aromatic carboxylic acids is 1. The Hall–Kier alpha value is -4.73. The van der Waals surface area contributed by atoms with E-state index in [1.807, 2.05) is 49.4 Å². The lowest BCUT2D eigenvalue weighted by Gasteiger charge is -2.21. The van der Waals surface area contributed by atoms with Crippen molar-refractivity contribution in [3.8, 4) is 16.9 Å². The second-order valence-corrected chi connectivity index (χ2v) is 10.3. The highest BCUT2D eigenvalue weighted by Gasteiger charge is 2.33. The van der Waals surface area contributed by atoms with Crippen LogP contribution in [-0.2, 0) is 17.9 Å². The van der Waals surface area contributed by atoms with Crippen molar-refractivity contribution >= 4 is 23.0 Å². The molecule has 1 aliphatic carbocycles. The lowest BCUT2D eigenvalue weighted by Crippen LogP contribution is -2.28. The quantitative estimate of drug-likeness (QED) is 0.277. The first-order valence-electron chi connectivity index (χ1n) is 13.2. The van der Waals surface area contributed by atoms with E-state index in [1.165, 1.54) is 18.3 Å². The lowest BCUT2D eigenvalue weighted by atomic mass is 9.96. The summed E-state index contributed by atoms with van der Waals surface area (Å²) in [5.74, 6) is -1.57. The molecule has 1 N–H and O–H groups in total. The van der Waals surface area contributed by atoms with Crippen LogP contribution in [0.15, 0.2) is 71.7 Å². The van der Waals surface area contributed by atoms with Crippen molar-refractivity contribution in [2.75, 3.05) is 0 Å². The van der Waals surface area contributed by atoms with Crippen LogP contribution < -0.4 is 10.2 Å². The maximum Gasteiger partial charge on any atom is 0.410 e. The number of pyridine rings is 1. The number of carboxylic acid groups (broad SMARTS) is 1. The molecule has 2 heterocycles. The first-order valence-corrected chi connectivity index (χ1v) is 13.2. The summed E-state index contributed by atoms with van der Waals surface area (Å²) in [7, 11) is 0. The van der Waals surface area contributed by atoms with Gasteiger partial charge >= 0.3 is 18.7 Å². The molecule has 1 unspecified atom stereocenters. The van der Waals surface area contributed by atoms with Gasteiger partial charge < -0.3 is 19.1 Å². The largest absolute Gasteiger partial charge is 0.477 e. The fourth-order valence-corrected chi connectivity index (χ4v) is 5.46. The van der Waals surface area contributed by atoms with Crippen LogP contribution in [0.1, 0.15) is 58.9 Å². The Labute approximate surface area is 233 Å². The fourth-order valence-electron chi connectivity index (χ4n) is 5.46. The summed E-state index contributed by atoms with van der Waals surface area (Å²) in [5.41, 5.74) is 2.45. The van der Waals surface area contributed by atoms with Gasteiger partial charge in [-0.2, -0.15) is 8.78 Å². The van der Waals surface area contributed by atoms with Crippen LogP contribution in [0, 0.1) is 0 Å². The zero-order valence-electron chi connectivity index (χ0n) is 22.1. The normalized spacial score (nSPS) is 16.2. The Morgan fingerprint density at radius 3 is 2.51 bits per heavy atom. The summed E-state index contributed by atoms with van der Waals surface area (Å²) in [5, 5.41) is 9.56. The van der Waals surface area contributed by atoms with Gasteiger partial charge in [-0.05, 0) is 60.2 Å². The molecule has 2 aliphatic rings. The third-order valence-corrected chi connectivity index (χ3v) is 7.68. The maximum absolute atomic E-state index is 13.8. The summed E-state index contributed by atoms with van der Waals surface area (Å²) in [6, 6.07) is 17.3. The average molecular weight is 561 g/mol. The number of fused-ring (bicyclic) bond motifs is 2. The SMILES string of the molecule is CC1c2cc(-c3ccc4c(=O)c(C(=O)O)cn(C5CC5)c4c3OC(F)F)ccc2CN1C(=O)OCc1ccccc1. The Bertz CT molecular complexity index is 1730. The van der Waals surface area contributed by atoms with E-state index in [2.05, 4.69) is 0 Å². The van der Waals surface area contributed by atoms with Gasteiger partial charge in [-0.3, -0.25) is 9.69 Å². The predicted octanol–water partition coefficient (Wildman–Crippen LogP) is 6.52. The molecule has 1 atom stereocenters. The number of alkyl halides is 2. The molecule has 1 amide bonds. The minimum absolute atomic E-state index is 0.00179. The number of carbonyl (C=O) groups is 2. The zero-order valence-corrected chi connectivity index (χ0v) is 22.1. The molecular formula is C31H26F2N2O6. The van der Waals surface area contributed by atoms with Crippen LogP contribution in [0.25, 0.3) is 22.0 Å². The minimum Gasteiger partial charge on any atom is -0.477 e. The van der Waals surface area contributed by atoms with Gasteiger partial charge in [-0.15, -0.1) is 0 Å². The molecule has 210 valence electrons.